The van der Waals surface area contributed by atoms with E-state index in [-0.39, 0.29) is 23.1 Å². The zero-order valence-electron chi connectivity index (χ0n) is 12.8. The second-order valence-electron chi connectivity index (χ2n) is 4.56. The van der Waals surface area contributed by atoms with Crippen LogP contribution in [-0.2, 0) is 19.1 Å². The summed E-state index contributed by atoms with van der Waals surface area (Å²) in [6, 6.07) is 4.58. The van der Waals surface area contributed by atoms with Gasteiger partial charge in [-0.1, -0.05) is 0 Å². The lowest BCUT2D eigenvalue weighted by atomic mass is 10.1. The molecule has 0 N–H and O–H groups in total. The molecule has 0 fully saturated rings. The Labute approximate surface area is 132 Å². The molecular weight excluding hydrogens is 302 g/mol. The number of ketones is 1. The third-order valence-corrected chi connectivity index (χ3v) is 3.19. The van der Waals surface area contributed by atoms with Gasteiger partial charge in [0.2, 0.25) is 5.95 Å². The maximum absolute atomic E-state index is 12.0. The third-order valence-electron chi connectivity index (χ3n) is 3.19. The Morgan fingerprint density at radius 3 is 2.09 bits per heavy atom. The Kier molecular flexibility index (Phi) is 4.85. The maximum Gasteiger partial charge on any atom is 0.326 e. The number of esters is 2. The molecule has 8 nitrogen and oxygen atoms in total. The van der Waals surface area contributed by atoms with Crippen molar-refractivity contribution in [3.63, 3.8) is 0 Å². The first kappa shape index (κ1) is 16.3. The van der Waals surface area contributed by atoms with Gasteiger partial charge in [0.25, 0.3) is 0 Å². The van der Waals surface area contributed by atoms with Crippen LogP contribution in [0, 0.1) is 0 Å². The van der Waals surface area contributed by atoms with E-state index in [4.69, 9.17) is 0 Å². The fraction of sp³-hybridized carbons (Fsp3) is 0.267. The van der Waals surface area contributed by atoms with Crippen molar-refractivity contribution < 1.29 is 23.9 Å². The lowest BCUT2D eigenvalue weighted by molar-refractivity contribution is -0.154. The van der Waals surface area contributed by atoms with Crippen LogP contribution in [0.1, 0.15) is 29.0 Å². The Bertz CT molecular complexity index is 723. The second-order valence-corrected chi connectivity index (χ2v) is 4.56. The fourth-order valence-corrected chi connectivity index (χ4v) is 2.16. The maximum atomic E-state index is 12.0. The smallest absolute Gasteiger partial charge is 0.326 e. The van der Waals surface area contributed by atoms with Crippen LogP contribution in [0.2, 0.25) is 0 Å². The summed E-state index contributed by atoms with van der Waals surface area (Å²) in [7, 11) is 2.33. The molecule has 120 valence electrons. The Morgan fingerprint density at radius 1 is 1.04 bits per heavy atom. The van der Waals surface area contributed by atoms with Gasteiger partial charge in [-0.3, -0.25) is 19.0 Å². The van der Waals surface area contributed by atoms with E-state index in [2.05, 4.69) is 19.4 Å². The molecule has 0 radical (unpaired) electrons. The Balaban J connectivity index is 2.69. The van der Waals surface area contributed by atoms with E-state index in [1.54, 1.807) is 6.07 Å². The first-order valence-electron chi connectivity index (χ1n) is 6.66. The van der Waals surface area contributed by atoms with Crippen molar-refractivity contribution >= 4 is 17.7 Å². The summed E-state index contributed by atoms with van der Waals surface area (Å²) in [5.74, 6) is -3.06. The van der Waals surface area contributed by atoms with Crippen LogP contribution < -0.4 is 0 Å². The molecule has 0 aromatic carbocycles. The van der Waals surface area contributed by atoms with E-state index in [0.29, 0.717) is 0 Å². The standard InChI is InChI=1S/C15H15N3O5/c1-9(19)10-5-6-11(12(13(20)22-2)14(21)23-3)18(10)15-16-7-4-8-17-15/h4-8,12H,1-3H3. The molecule has 0 aliphatic carbocycles. The predicted molar refractivity (Wildman–Crippen MR) is 78.1 cm³/mol. The zero-order valence-corrected chi connectivity index (χ0v) is 12.8. The molecule has 0 spiro atoms. The van der Waals surface area contributed by atoms with E-state index < -0.39 is 17.9 Å². The third kappa shape index (κ3) is 3.10. The first-order valence-corrected chi connectivity index (χ1v) is 6.66. The molecule has 2 aromatic rings. The first-order chi connectivity index (χ1) is 11.0. The quantitative estimate of drug-likeness (QED) is 0.459. The molecule has 0 aliphatic rings. The highest BCUT2D eigenvalue weighted by atomic mass is 16.5. The normalized spacial score (nSPS) is 10.4. The van der Waals surface area contributed by atoms with Gasteiger partial charge >= 0.3 is 11.9 Å². The lowest BCUT2D eigenvalue weighted by Crippen LogP contribution is -2.27. The molecule has 0 aliphatic heterocycles. The van der Waals surface area contributed by atoms with E-state index in [1.165, 1.54) is 36.0 Å². The summed E-state index contributed by atoms with van der Waals surface area (Å²) in [4.78, 5) is 44.0. The lowest BCUT2D eigenvalue weighted by Gasteiger charge is -2.16. The van der Waals surface area contributed by atoms with Crippen molar-refractivity contribution in [3.8, 4) is 5.95 Å². The van der Waals surface area contributed by atoms with Gasteiger partial charge < -0.3 is 9.47 Å². The number of hydrogen-bond acceptors (Lipinski definition) is 7. The number of hydrogen-bond donors (Lipinski definition) is 0. The van der Waals surface area contributed by atoms with Crippen molar-refractivity contribution in [3.05, 3.63) is 42.0 Å². The van der Waals surface area contributed by atoms with Crippen molar-refractivity contribution in [2.75, 3.05) is 14.2 Å². The van der Waals surface area contributed by atoms with Gasteiger partial charge in [-0.25, -0.2) is 9.97 Å². The van der Waals surface area contributed by atoms with Crippen molar-refractivity contribution in [2.24, 2.45) is 0 Å². The molecule has 0 bridgehead atoms. The van der Waals surface area contributed by atoms with Gasteiger partial charge in [0, 0.05) is 19.3 Å². The molecule has 23 heavy (non-hydrogen) atoms. The van der Waals surface area contributed by atoms with Gasteiger partial charge in [0.05, 0.1) is 25.6 Å². The predicted octanol–water partition coefficient (Wildman–Crippen LogP) is 0.899. The monoisotopic (exact) mass is 317 g/mol. The minimum absolute atomic E-state index is 0.163. The molecule has 2 aromatic heterocycles. The molecule has 2 rings (SSSR count). The average Bonchev–Trinajstić information content (AvgIpc) is 3.00. The number of methoxy groups -OCH3 is 2. The average molecular weight is 317 g/mol. The number of ether oxygens (including phenoxy) is 2. The van der Waals surface area contributed by atoms with Crippen LogP contribution in [0.15, 0.2) is 30.6 Å². The molecule has 0 saturated heterocycles. The Morgan fingerprint density at radius 2 is 1.61 bits per heavy atom. The van der Waals surface area contributed by atoms with Crippen molar-refractivity contribution in [2.45, 2.75) is 12.8 Å². The molecule has 0 atom stereocenters. The summed E-state index contributed by atoms with van der Waals surface area (Å²) in [6.07, 6.45) is 2.97. The van der Waals surface area contributed by atoms with Crippen LogP contribution in [0.25, 0.3) is 5.95 Å². The van der Waals surface area contributed by atoms with Crippen molar-refractivity contribution in [1.29, 1.82) is 0 Å². The fourth-order valence-electron chi connectivity index (χ4n) is 2.16. The number of rotatable bonds is 5. The minimum atomic E-state index is -1.35. The van der Waals surface area contributed by atoms with E-state index in [0.717, 1.165) is 14.2 Å². The summed E-state index contributed by atoms with van der Waals surface area (Å²) in [5.41, 5.74) is 0.434. The van der Waals surface area contributed by atoms with Crippen LogP contribution in [-0.4, -0.2) is 46.5 Å². The van der Waals surface area contributed by atoms with Gasteiger partial charge in [-0.2, -0.15) is 0 Å². The van der Waals surface area contributed by atoms with Crippen molar-refractivity contribution in [1.82, 2.24) is 14.5 Å². The van der Waals surface area contributed by atoms with E-state index in [9.17, 15) is 14.4 Å². The second kappa shape index (κ2) is 6.82. The van der Waals surface area contributed by atoms with Crippen LogP contribution in [0.4, 0.5) is 0 Å². The van der Waals surface area contributed by atoms with E-state index in [1.807, 2.05) is 0 Å². The highest BCUT2D eigenvalue weighted by Gasteiger charge is 2.35. The molecular formula is C15H15N3O5. The minimum Gasteiger partial charge on any atom is -0.468 e. The summed E-state index contributed by atoms with van der Waals surface area (Å²) in [5, 5.41) is 0. The highest BCUT2D eigenvalue weighted by Crippen LogP contribution is 2.25. The van der Waals surface area contributed by atoms with Gasteiger partial charge in [0.1, 0.15) is 0 Å². The number of Topliss-reactive ketones (excluding diaryl/α,β-unsaturated/α-hetero) is 1. The Hall–Kier alpha value is -3.03. The van der Waals surface area contributed by atoms with Gasteiger partial charge in [-0.15, -0.1) is 0 Å². The SMILES string of the molecule is COC(=O)C(C(=O)OC)c1ccc(C(C)=O)n1-c1ncccn1. The number of carbonyl (C=O) groups is 3. The molecule has 0 amide bonds. The topological polar surface area (TPSA) is 100 Å². The largest absolute Gasteiger partial charge is 0.468 e. The summed E-state index contributed by atoms with van der Waals surface area (Å²) >= 11 is 0. The number of aromatic nitrogens is 3. The molecule has 0 saturated carbocycles. The van der Waals surface area contributed by atoms with Crippen LogP contribution in [0.5, 0.6) is 0 Å². The summed E-state index contributed by atoms with van der Waals surface area (Å²) in [6.45, 7) is 1.36. The van der Waals surface area contributed by atoms with E-state index >= 15 is 0 Å². The van der Waals surface area contributed by atoms with Crippen LogP contribution in [0.3, 0.4) is 0 Å². The molecule has 0 unspecified atom stereocenters. The molecule has 2 heterocycles. The number of nitrogens with zero attached hydrogens (tertiary/aromatic N) is 3. The highest BCUT2D eigenvalue weighted by molar-refractivity contribution is 6.01. The van der Waals surface area contributed by atoms with Crippen LogP contribution >= 0.6 is 0 Å². The van der Waals surface area contributed by atoms with Gasteiger partial charge in [0.15, 0.2) is 11.7 Å². The number of carbonyl (C=O) groups excluding carboxylic acids is 3. The van der Waals surface area contributed by atoms with Gasteiger partial charge in [-0.05, 0) is 18.2 Å². The molecule has 8 heteroatoms. The summed E-state index contributed by atoms with van der Waals surface area (Å²) < 4.78 is 10.7. The zero-order chi connectivity index (χ0) is 17.0.